The standard InChI is InChI=1S/C28H27F2N5O3/c1-3-26(36)35-9-8-19(35)14-38-28-33-24(13-25(31)34-28)21-11-18(29)12-23(15(21)2)32-27(37)20-7-6-17(10-22(20)30)16-4-5-16/h3,6-7,10-13,16,19H,1,4-5,8-9,14H2,2H3,(H,32,37)(H2,31,33,34). The Bertz CT molecular complexity index is 1440. The van der Waals surface area contributed by atoms with Crippen molar-refractivity contribution in [1.29, 1.82) is 0 Å². The van der Waals surface area contributed by atoms with Crippen molar-refractivity contribution in [3.63, 3.8) is 0 Å². The molecule has 0 radical (unpaired) electrons. The lowest BCUT2D eigenvalue weighted by Gasteiger charge is -2.39. The van der Waals surface area contributed by atoms with Crippen LogP contribution in [0, 0.1) is 18.6 Å². The van der Waals surface area contributed by atoms with Crippen LogP contribution in [0.3, 0.4) is 0 Å². The molecule has 0 spiro atoms. The molecule has 2 amide bonds. The summed E-state index contributed by atoms with van der Waals surface area (Å²) in [6.07, 6.45) is 4.06. The van der Waals surface area contributed by atoms with Gasteiger partial charge in [-0.2, -0.15) is 9.97 Å². The number of benzene rings is 2. The van der Waals surface area contributed by atoms with E-state index in [9.17, 15) is 18.4 Å². The molecule has 10 heteroatoms. The second-order valence-electron chi connectivity index (χ2n) is 9.54. The predicted molar refractivity (Wildman–Crippen MR) is 139 cm³/mol. The molecule has 5 rings (SSSR count). The van der Waals surface area contributed by atoms with E-state index in [0.29, 0.717) is 23.6 Å². The minimum absolute atomic E-state index is 0.0232. The molecule has 2 heterocycles. The number of halogens is 2. The Labute approximate surface area is 218 Å². The molecule has 3 aromatic rings. The number of amides is 2. The number of nitrogens with one attached hydrogen (secondary N) is 1. The molecular weight excluding hydrogens is 492 g/mol. The molecule has 1 saturated carbocycles. The summed E-state index contributed by atoms with van der Waals surface area (Å²) in [5, 5.41) is 2.62. The highest BCUT2D eigenvalue weighted by Gasteiger charge is 2.31. The molecule has 196 valence electrons. The molecule has 1 atom stereocenters. The average Bonchev–Trinajstić information content (AvgIpc) is 3.70. The van der Waals surface area contributed by atoms with Crippen LogP contribution in [0.5, 0.6) is 6.01 Å². The van der Waals surface area contributed by atoms with Crippen LogP contribution in [0.2, 0.25) is 0 Å². The summed E-state index contributed by atoms with van der Waals surface area (Å²) in [5.74, 6) is -1.65. The number of nitrogens with two attached hydrogens (primary N) is 1. The van der Waals surface area contributed by atoms with Crippen LogP contribution in [-0.4, -0.2) is 45.9 Å². The fraction of sp³-hybridized carbons (Fsp3) is 0.286. The van der Waals surface area contributed by atoms with E-state index in [4.69, 9.17) is 10.5 Å². The quantitative estimate of drug-likeness (QED) is 0.421. The summed E-state index contributed by atoms with van der Waals surface area (Å²) in [6, 6.07) is 8.32. The van der Waals surface area contributed by atoms with E-state index in [2.05, 4.69) is 21.9 Å². The Morgan fingerprint density at radius 2 is 1.97 bits per heavy atom. The van der Waals surface area contributed by atoms with Gasteiger partial charge in [-0.1, -0.05) is 12.6 Å². The Morgan fingerprint density at radius 1 is 1.18 bits per heavy atom. The van der Waals surface area contributed by atoms with Crippen LogP contribution >= 0.6 is 0 Å². The van der Waals surface area contributed by atoms with Gasteiger partial charge >= 0.3 is 6.01 Å². The van der Waals surface area contributed by atoms with E-state index in [1.54, 1.807) is 17.9 Å². The maximum Gasteiger partial charge on any atom is 0.318 e. The molecule has 1 saturated heterocycles. The minimum atomic E-state index is -0.685. The molecule has 38 heavy (non-hydrogen) atoms. The third-order valence-corrected chi connectivity index (χ3v) is 6.92. The maximum absolute atomic E-state index is 14.7. The highest BCUT2D eigenvalue weighted by Crippen LogP contribution is 2.40. The lowest BCUT2D eigenvalue weighted by molar-refractivity contribution is -0.134. The van der Waals surface area contributed by atoms with Crippen molar-refractivity contribution in [2.24, 2.45) is 0 Å². The van der Waals surface area contributed by atoms with Gasteiger partial charge in [0.25, 0.3) is 5.91 Å². The molecule has 8 nitrogen and oxygen atoms in total. The molecule has 2 aliphatic rings. The number of aromatic nitrogens is 2. The molecular formula is C28H27F2N5O3. The third kappa shape index (κ3) is 5.20. The van der Waals surface area contributed by atoms with Crippen molar-refractivity contribution < 1.29 is 23.1 Å². The van der Waals surface area contributed by atoms with Crippen LogP contribution in [0.4, 0.5) is 20.3 Å². The molecule has 1 aliphatic heterocycles. The fourth-order valence-electron chi connectivity index (χ4n) is 4.49. The van der Waals surface area contributed by atoms with Crippen LogP contribution in [-0.2, 0) is 4.79 Å². The van der Waals surface area contributed by atoms with Gasteiger partial charge < -0.3 is 20.7 Å². The smallest absolute Gasteiger partial charge is 0.318 e. The Hall–Kier alpha value is -4.34. The molecule has 1 aromatic heterocycles. The van der Waals surface area contributed by atoms with Crippen LogP contribution < -0.4 is 15.8 Å². The number of carbonyl (C=O) groups is 2. The maximum atomic E-state index is 14.7. The first-order valence-corrected chi connectivity index (χ1v) is 12.3. The van der Waals surface area contributed by atoms with Crippen molar-refractivity contribution >= 4 is 23.3 Å². The summed E-state index contributed by atoms with van der Waals surface area (Å²) in [4.78, 5) is 34.8. The first kappa shape index (κ1) is 25.3. The second-order valence-corrected chi connectivity index (χ2v) is 9.54. The number of nitrogens with zero attached hydrogens (tertiary/aromatic N) is 3. The van der Waals surface area contributed by atoms with E-state index in [-0.39, 0.29) is 47.3 Å². The van der Waals surface area contributed by atoms with Gasteiger partial charge in [-0.15, -0.1) is 0 Å². The molecule has 0 bridgehead atoms. The van der Waals surface area contributed by atoms with Gasteiger partial charge in [-0.25, -0.2) is 8.78 Å². The first-order valence-electron chi connectivity index (χ1n) is 12.3. The fourth-order valence-corrected chi connectivity index (χ4v) is 4.49. The normalized spacial score (nSPS) is 16.5. The zero-order chi connectivity index (χ0) is 27.0. The number of rotatable bonds is 8. The largest absolute Gasteiger partial charge is 0.461 e. The lowest BCUT2D eigenvalue weighted by atomic mass is 10.0. The lowest BCUT2D eigenvalue weighted by Crippen LogP contribution is -2.53. The van der Waals surface area contributed by atoms with E-state index in [1.807, 2.05) is 0 Å². The van der Waals surface area contributed by atoms with Crippen LogP contribution in [0.15, 0.2) is 49.1 Å². The van der Waals surface area contributed by atoms with Gasteiger partial charge in [0, 0.05) is 23.9 Å². The number of hydrogen-bond donors (Lipinski definition) is 2. The van der Waals surface area contributed by atoms with Crippen molar-refractivity contribution in [3.8, 4) is 17.3 Å². The van der Waals surface area contributed by atoms with Crippen molar-refractivity contribution in [2.45, 2.75) is 38.1 Å². The Morgan fingerprint density at radius 3 is 2.63 bits per heavy atom. The first-order chi connectivity index (χ1) is 18.2. The third-order valence-electron chi connectivity index (χ3n) is 6.92. The molecule has 3 N–H and O–H groups in total. The molecule has 2 aromatic carbocycles. The zero-order valence-electron chi connectivity index (χ0n) is 20.8. The average molecular weight is 520 g/mol. The Kier molecular flexibility index (Phi) is 6.79. The summed E-state index contributed by atoms with van der Waals surface area (Å²) in [7, 11) is 0. The zero-order valence-corrected chi connectivity index (χ0v) is 20.8. The van der Waals surface area contributed by atoms with E-state index >= 15 is 0 Å². The van der Waals surface area contributed by atoms with E-state index in [1.165, 1.54) is 30.3 Å². The van der Waals surface area contributed by atoms with Gasteiger partial charge in [0.1, 0.15) is 24.1 Å². The predicted octanol–water partition coefficient (Wildman–Crippen LogP) is 4.61. The monoisotopic (exact) mass is 519 g/mol. The van der Waals surface area contributed by atoms with Gasteiger partial charge in [-0.3, -0.25) is 9.59 Å². The molecule has 1 aliphatic carbocycles. The van der Waals surface area contributed by atoms with E-state index in [0.717, 1.165) is 30.9 Å². The van der Waals surface area contributed by atoms with Gasteiger partial charge in [0.2, 0.25) is 5.91 Å². The Balaban J connectivity index is 1.36. The number of ether oxygens (including phenoxy) is 1. The summed E-state index contributed by atoms with van der Waals surface area (Å²) in [5.41, 5.74) is 8.03. The number of nitrogen functional groups attached to an aromatic ring is 1. The molecule has 2 fully saturated rings. The second kappa shape index (κ2) is 10.2. The van der Waals surface area contributed by atoms with Gasteiger partial charge in [0.05, 0.1) is 17.3 Å². The van der Waals surface area contributed by atoms with Crippen LogP contribution in [0.25, 0.3) is 11.3 Å². The topological polar surface area (TPSA) is 110 Å². The van der Waals surface area contributed by atoms with Crippen molar-refractivity contribution in [3.05, 3.63) is 77.4 Å². The minimum Gasteiger partial charge on any atom is -0.461 e. The van der Waals surface area contributed by atoms with Gasteiger partial charge in [0.15, 0.2) is 0 Å². The number of hydrogen-bond acceptors (Lipinski definition) is 6. The number of anilines is 2. The van der Waals surface area contributed by atoms with Gasteiger partial charge in [-0.05, 0) is 73.6 Å². The number of carbonyl (C=O) groups excluding carboxylic acids is 2. The SMILES string of the molecule is C=CC(=O)N1CCC1COc1nc(N)cc(-c2cc(F)cc(NC(=O)c3ccc(C4CC4)cc3F)c2C)n1. The summed E-state index contributed by atoms with van der Waals surface area (Å²) in [6.45, 7) is 5.96. The summed E-state index contributed by atoms with van der Waals surface area (Å²) < 4.78 is 35.0. The van der Waals surface area contributed by atoms with Crippen molar-refractivity contribution in [2.75, 3.05) is 24.2 Å². The molecule has 1 unspecified atom stereocenters. The highest BCUT2D eigenvalue weighted by atomic mass is 19.1. The van der Waals surface area contributed by atoms with Crippen LogP contribution in [0.1, 0.15) is 46.7 Å². The van der Waals surface area contributed by atoms with Crippen molar-refractivity contribution in [1.82, 2.24) is 14.9 Å². The highest BCUT2D eigenvalue weighted by molar-refractivity contribution is 6.05. The van der Waals surface area contributed by atoms with E-state index < -0.39 is 17.5 Å². The number of likely N-dealkylation sites (tertiary alicyclic amines) is 1. The summed E-state index contributed by atoms with van der Waals surface area (Å²) >= 11 is 0.